The number of rotatable bonds is 4. The molecule has 1 saturated carbocycles. The van der Waals surface area contributed by atoms with E-state index in [1.165, 1.54) is 23.8 Å². The zero-order valence-electron chi connectivity index (χ0n) is 12.1. The van der Waals surface area contributed by atoms with Crippen molar-refractivity contribution in [1.29, 1.82) is 0 Å². The van der Waals surface area contributed by atoms with Gasteiger partial charge in [-0.2, -0.15) is 0 Å². The molecule has 1 aromatic rings. The van der Waals surface area contributed by atoms with Gasteiger partial charge in [0.1, 0.15) is 0 Å². The van der Waals surface area contributed by atoms with Gasteiger partial charge >= 0.3 is 0 Å². The molecule has 1 amide bonds. The predicted octanol–water partition coefficient (Wildman–Crippen LogP) is 2.52. The minimum atomic E-state index is -0.0768. The molecule has 3 aliphatic carbocycles. The number of phenolic OH excluding ortho intramolecular Hbond substituents is 1. The van der Waals surface area contributed by atoms with E-state index in [0.717, 1.165) is 23.1 Å². The van der Waals surface area contributed by atoms with Gasteiger partial charge in [0.25, 0.3) is 5.91 Å². The summed E-state index contributed by atoms with van der Waals surface area (Å²) in [6.07, 6.45) is 7.10. The zero-order chi connectivity index (χ0) is 15.3. The smallest absolute Gasteiger partial charge is 0.252 e. The van der Waals surface area contributed by atoms with Gasteiger partial charge in [-0.15, -0.1) is 0 Å². The number of allylic oxidation sites excluding steroid dienone is 6. The number of ether oxygens (including phenoxy) is 1. The fraction of sp³-hybridized carbons (Fsp3) is 0.167. The van der Waals surface area contributed by atoms with Gasteiger partial charge in [0.15, 0.2) is 11.5 Å². The summed E-state index contributed by atoms with van der Waals surface area (Å²) in [6, 6.07) is 5.05. The Morgan fingerprint density at radius 3 is 3.00 bits per heavy atom. The number of carbonyl (C=O) groups excluding carboxylic acids is 1. The van der Waals surface area contributed by atoms with Crippen LogP contribution >= 0.6 is 0 Å². The number of aromatic hydroxyl groups is 1. The van der Waals surface area contributed by atoms with E-state index in [1.807, 2.05) is 12.2 Å². The third-order valence-corrected chi connectivity index (χ3v) is 4.21. The lowest BCUT2D eigenvalue weighted by atomic mass is 10.1. The summed E-state index contributed by atoms with van der Waals surface area (Å²) in [7, 11) is 1.50. The topological polar surface area (TPSA) is 58.6 Å². The second-order valence-electron chi connectivity index (χ2n) is 5.59. The van der Waals surface area contributed by atoms with Gasteiger partial charge in [0.05, 0.1) is 7.11 Å². The van der Waals surface area contributed by atoms with E-state index in [4.69, 9.17) is 4.74 Å². The van der Waals surface area contributed by atoms with Gasteiger partial charge in [-0.05, 0) is 58.6 Å². The summed E-state index contributed by atoms with van der Waals surface area (Å²) in [5.41, 5.74) is 6.62. The van der Waals surface area contributed by atoms with Crippen LogP contribution in [0.2, 0.25) is 0 Å². The SMILES string of the molecule is COc1cc(CNC(=O)C2=C3C=C4CC4=C3C=C2)ccc1O. The average molecular weight is 293 g/mol. The number of phenols is 1. The number of benzene rings is 1. The molecule has 2 N–H and O–H groups in total. The van der Waals surface area contributed by atoms with Crippen LogP contribution in [0.1, 0.15) is 12.0 Å². The molecule has 0 aliphatic heterocycles. The van der Waals surface area contributed by atoms with Crippen LogP contribution < -0.4 is 10.1 Å². The van der Waals surface area contributed by atoms with E-state index in [9.17, 15) is 9.90 Å². The van der Waals surface area contributed by atoms with Gasteiger partial charge in [-0.3, -0.25) is 4.79 Å². The minimum absolute atomic E-state index is 0.0768. The highest BCUT2D eigenvalue weighted by molar-refractivity contribution is 6.01. The second kappa shape index (κ2) is 4.63. The number of methoxy groups -OCH3 is 1. The van der Waals surface area contributed by atoms with Crippen LogP contribution in [0.15, 0.2) is 64.3 Å². The number of hydrogen-bond donors (Lipinski definition) is 2. The molecule has 3 aliphatic rings. The Kier molecular flexibility index (Phi) is 2.73. The number of nitrogens with one attached hydrogen (secondary N) is 1. The van der Waals surface area contributed by atoms with E-state index in [0.29, 0.717) is 12.3 Å². The Bertz CT molecular complexity index is 825. The summed E-state index contributed by atoms with van der Waals surface area (Å²) in [4.78, 5) is 12.4. The summed E-state index contributed by atoms with van der Waals surface area (Å²) in [6.45, 7) is 0.391. The molecule has 22 heavy (non-hydrogen) atoms. The molecule has 0 unspecified atom stereocenters. The summed E-state index contributed by atoms with van der Waals surface area (Å²) >= 11 is 0. The van der Waals surface area contributed by atoms with E-state index in [-0.39, 0.29) is 11.7 Å². The lowest BCUT2D eigenvalue weighted by Gasteiger charge is -2.09. The first-order valence-corrected chi connectivity index (χ1v) is 7.18. The molecule has 0 bridgehead atoms. The lowest BCUT2D eigenvalue weighted by molar-refractivity contribution is -0.117. The Morgan fingerprint density at radius 1 is 1.32 bits per heavy atom. The molecule has 0 aromatic heterocycles. The van der Waals surface area contributed by atoms with Crippen molar-refractivity contribution in [2.75, 3.05) is 7.11 Å². The van der Waals surface area contributed by atoms with Crippen LogP contribution in [0, 0.1) is 0 Å². The van der Waals surface area contributed by atoms with E-state index < -0.39 is 0 Å². The maximum Gasteiger partial charge on any atom is 0.252 e. The first-order chi connectivity index (χ1) is 10.7. The average Bonchev–Trinajstić information content (AvgIpc) is 3.01. The molecule has 0 atom stereocenters. The molecule has 0 radical (unpaired) electrons. The number of carbonyl (C=O) groups is 1. The zero-order valence-corrected chi connectivity index (χ0v) is 12.1. The molecule has 0 saturated heterocycles. The van der Waals surface area contributed by atoms with Gasteiger partial charge in [0, 0.05) is 12.1 Å². The third kappa shape index (κ3) is 1.96. The number of hydrogen-bond acceptors (Lipinski definition) is 3. The normalized spacial score (nSPS) is 17.4. The predicted molar refractivity (Wildman–Crippen MR) is 82.4 cm³/mol. The highest BCUT2D eigenvalue weighted by Crippen LogP contribution is 2.51. The van der Waals surface area contributed by atoms with E-state index >= 15 is 0 Å². The van der Waals surface area contributed by atoms with Crippen LogP contribution in [-0.2, 0) is 11.3 Å². The summed E-state index contributed by atoms with van der Waals surface area (Å²) in [5.74, 6) is 0.420. The molecule has 4 heteroatoms. The highest BCUT2D eigenvalue weighted by atomic mass is 16.5. The molecule has 4 nitrogen and oxygen atoms in total. The fourth-order valence-corrected chi connectivity index (χ4v) is 2.94. The molecule has 4 rings (SSSR count). The van der Waals surface area contributed by atoms with Crippen LogP contribution in [0.3, 0.4) is 0 Å². The largest absolute Gasteiger partial charge is 0.504 e. The van der Waals surface area contributed by atoms with Gasteiger partial charge in [0.2, 0.25) is 0 Å². The quantitative estimate of drug-likeness (QED) is 0.897. The van der Waals surface area contributed by atoms with Gasteiger partial charge in [-0.1, -0.05) is 12.1 Å². The monoisotopic (exact) mass is 293 g/mol. The number of amides is 1. The van der Waals surface area contributed by atoms with Gasteiger partial charge < -0.3 is 15.2 Å². The molecule has 1 aromatic carbocycles. The van der Waals surface area contributed by atoms with Crippen molar-refractivity contribution in [3.63, 3.8) is 0 Å². The molecule has 110 valence electrons. The van der Waals surface area contributed by atoms with Crippen molar-refractivity contribution in [2.45, 2.75) is 13.0 Å². The standard InChI is InChI=1S/C18H15NO3/c1-22-17-6-10(2-5-16(17)20)9-19-18(21)13-4-3-12-14-7-11(14)8-15(12)13/h2-6,8,20H,7,9H2,1H3,(H,19,21). The molecular weight excluding hydrogens is 278 g/mol. The third-order valence-electron chi connectivity index (χ3n) is 4.21. The fourth-order valence-electron chi connectivity index (χ4n) is 2.94. The summed E-state index contributed by atoms with van der Waals surface area (Å²) in [5, 5.41) is 12.5. The Balaban J connectivity index is 1.48. The summed E-state index contributed by atoms with van der Waals surface area (Å²) < 4.78 is 5.07. The van der Waals surface area contributed by atoms with Crippen molar-refractivity contribution in [3.05, 3.63) is 69.9 Å². The van der Waals surface area contributed by atoms with E-state index in [1.54, 1.807) is 18.2 Å². The van der Waals surface area contributed by atoms with Crippen molar-refractivity contribution in [2.24, 2.45) is 0 Å². The first-order valence-electron chi connectivity index (χ1n) is 7.18. The van der Waals surface area contributed by atoms with Crippen LogP contribution in [0.25, 0.3) is 0 Å². The van der Waals surface area contributed by atoms with Crippen molar-refractivity contribution >= 4 is 5.91 Å². The minimum Gasteiger partial charge on any atom is -0.504 e. The highest BCUT2D eigenvalue weighted by Gasteiger charge is 2.35. The molecule has 0 heterocycles. The maximum absolute atomic E-state index is 12.4. The molecule has 1 fully saturated rings. The first kappa shape index (κ1) is 13.0. The molecule has 0 spiro atoms. The maximum atomic E-state index is 12.4. The van der Waals surface area contributed by atoms with Crippen LogP contribution in [0.4, 0.5) is 0 Å². The van der Waals surface area contributed by atoms with E-state index in [2.05, 4.69) is 11.4 Å². The molecular formula is C18H15NO3. The Labute approximate surface area is 128 Å². The van der Waals surface area contributed by atoms with Crippen molar-refractivity contribution < 1.29 is 14.6 Å². The van der Waals surface area contributed by atoms with Crippen LogP contribution in [0.5, 0.6) is 11.5 Å². The van der Waals surface area contributed by atoms with Gasteiger partial charge in [-0.25, -0.2) is 0 Å². The van der Waals surface area contributed by atoms with Crippen molar-refractivity contribution in [3.8, 4) is 11.5 Å². The number of fused-ring (bicyclic) bond motifs is 2. The second-order valence-corrected chi connectivity index (χ2v) is 5.59. The van der Waals surface area contributed by atoms with Crippen molar-refractivity contribution in [1.82, 2.24) is 5.32 Å². The Hall–Kier alpha value is -2.75. The lowest BCUT2D eigenvalue weighted by Crippen LogP contribution is -2.24. The van der Waals surface area contributed by atoms with Crippen LogP contribution in [-0.4, -0.2) is 18.1 Å². The Morgan fingerprint density at radius 2 is 2.18 bits per heavy atom.